The Balaban J connectivity index is 1.94. The summed E-state index contributed by atoms with van der Waals surface area (Å²) in [7, 11) is 0. The van der Waals surface area contributed by atoms with E-state index in [4.69, 9.17) is 0 Å². The molecule has 0 saturated heterocycles. The molecule has 0 bridgehead atoms. The molecule has 5 nitrogen and oxygen atoms in total. The van der Waals surface area contributed by atoms with E-state index in [0.29, 0.717) is 18.9 Å². The average Bonchev–Trinajstić information content (AvgIpc) is 2.69. The van der Waals surface area contributed by atoms with E-state index in [0.717, 1.165) is 13.1 Å². The lowest BCUT2D eigenvalue weighted by atomic mass is 10.1. The van der Waals surface area contributed by atoms with Crippen LogP contribution >= 0.6 is 0 Å². The molecule has 8 heteroatoms. The number of hydrogen-bond acceptors (Lipinski definition) is 4. The van der Waals surface area contributed by atoms with E-state index >= 15 is 0 Å². The molecule has 0 radical (unpaired) electrons. The fraction of sp³-hybridized carbons (Fsp3) is 0.833. The van der Waals surface area contributed by atoms with Gasteiger partial charge in [0.15, 0.2) is 0 Å². The third kappa shape index (κ3) is 3.69. The normalized spacial score (nSPS) is 17.3. The van der Waals surface area contributed by atoms with Crippen molar-refractivity contribution < 1.29 is 13.2 Å². The van der Waals surface area contributed by atoms with E-state index < -0.39 is 12.0 Å². The minimum Gasteiger partial charge on any atom is -0.311 e. The Kier molecular flexibility index (Phi) is 4.06. The molecule has 1 aromatic heterocycles. The summed E-state index contributed by atoms with van der Waals surface area (Å²) in [5, 5.41) is 10.3. The molecule has 20 heavy (non-hydrogen) atoms. The predicted molar refractivity (Wildman–Crippen MR) is 68.1 cm³/mol. The fourth-order valence-electron chi connectivity index (χ4n) is 2.20. The summed E-state index contributed by atoms with van der Waals surface area (Å²) in [6.07, 6.45) is -4.43. The zero-order chi connectivity index (χ0) is 15.0. The first kappa shape index (κ1) is 15.2. The number of nitrogens with one attached hydrogen (secondary N) is 1. The molecule has 2 heterocycles. The highest BCUT2D eigenvalue weighted by Gasteiger charge is 2.39. The number of halogens is 3. The third-order valence-electron chi connectivity index (χ3n) is 3.17. The molecule has 0 amide bonds. The van der Waals surface area contributed by atoms with Gasteiger partial charge in [0.25, 0.3) is 0 Å². The Hall–Kier alpha value is -1.15. The molecule has 0 aliphatic carbocycles. The lowest BCUT2D eigenvalue weighted by Gasteiger charge is -2.29. The average molecular weight is 291 g/mol. The van der Waals surface area contributed by atoms with Crippen LogP contribution in [0.2, 0.25) is 0 Å². The number of fused-ring (bicyclic) bond motifs is 1. The van der Waals surface area contributed by atoms with Crippen molar-refractivity contribution in [2.24, 2.45) is 0 Å². The summed E-state index contributed by atoms with van der Waals surface area (Å²) in [5.74, 6) is -0.501. The van der Waals surface area contributed by atoms with Crippen LogP contribution in [0.5, 0.6) is 0 Å². The highest BCUT2D eigenvalue weighted by Crippen LogP contribution is 2.29. The summed E-state index contributed by atoms with van der Waals surface area (Å²) in [4.78, 5) is 2.09. The second-order valence-electron chi connectivity index (χ2n) is 6.04. The van der Waals surface area contributed by atoms with E-state index in [1.165, 1.54) is 4.57 Å². The van der Waals surface area contributed by atoms with Crippen LogP contribution in [-0.4, -0.2) is 44.8 Å². The van der Waals surface area contributed by atoms with Crippen LogP contribution in [-0.2, 0) is 19.3 Å². The van der Waals surface area contributed by atoms with Gasteiger partial charge in [0.1, 0.15) is 5.82 Å². The number of hydrogen-bond donors (Lipinski definition) is 1. The molecule has 114 valence electrons. The van der Waals surface area contributed by atoms with Crippen LogP contribution in [0.25, 0.3) is 0 Å². The summed E-state index contributed by atoms with van der Waals surface area (Å²) < 4.78 is 39.3. The van der Waals surface area contributed by atoms with Gasteiger partial charge in [-0.2, -0.15) is 13.2 Å². The SMILES string of the molecule is CC(C)(C)NCCN1CCn2c(nnc2C(F)(F)F)C1. The zero-order valence-corrected chi connectivity index (χ0v) is 12.0. The monoisotopic (exact) mass is 291 g/mol. The first-order valence-corrected chi connectivity index (χ1v) is 6.63. The molecule has 0 unspecified atom stereocenters. The molecule has 0 fully saturated rings. The molecule has 0 atom stereocenters. The molecule has 1 aromatic rings. The van der Waals surface area contributed by atoms with Crippen LogP contribution in [0.4, 0.5) is 13.2 Å². The van der Waals surface area contributed by atoms with Crippen molar-refractivity contribution in [2.75, 3.05) is 19.6 Å². The molecule has 1 aliphatic heterocycles. The first-order chi connectivity index (χ1) is 9.17. The van der Waals surface area contributed by atoms with Gasteiger partial charge in [-0.15, -0.1) is 10.2 Å². The van der Waals surface area contributed by atoms with Crippen molar-refractivity contribution in [3.05, 3.63) is 11.6 Å². The first-order valence-electron chi connectivity index (χ1n) is 6.63. The largest absolute Gasteiger partial charge is 0.451 e. The summed E-state index contributed by atoms with van der Waals surface area (Å²) in [5.41, 5.74) is 0.0409. The van der Waals surface area contributed by atoms with Crippen molar-refractivity contribution in [1.29, 1.82) is 0 Å². The Bertz CT molecular complexity index is 461. The second-order valence-corrected chi connectivity index (χ2v) is 6.04. The number of nitrogens with zero attached hydrogens (tertiary/aromatic N) is 4. The Labute approximate surface area is 116 Å². The standard InChI is InChI=1S/C12H20F3N5/c1-11(2,3)16-4-5-19-6-7-20-9(8-19)17-18-10(20)12(13,14)15/h16H,4-8H2,1-3H3. The van der Waals surface area contributed by atoms with Gasteiger partial charge in [0, 0.05) is 31.7 Å². The van der Waals surface area contributed by atoms with Gasteiger partial charge in [0.2, 0.25) is 5.82 Å². The predicted octanol–water partition coefficient (Wildman–Crippen LogP) is 1.50. The van der Waals surface area contributed by atoms with Crippen LogP contribution in [0.3, 0.4) is 0 Å². The maximum absolute atomic E-state index is 12.7. The maximum atomic E-state index is 12.7. The van der Waals surface area contributed by atoms with Gasteiger partial charge in [0.05, 0.1) is 6.54 Å². The molecule has 2 rings (SSSR count). The quantitative estimate of drug-likeness (QED) is 0.917. The Morgan fingerprint density at radius 1 is 1.15 bits per heavy atom. The van der Waals surface area contributed by atoms with Gasteiger partial charge in [-0.3, -0.25) is 4.90 Å². The lowest BCUT2D eigenvalue weighted by Crippen LogP contribution is -2.43. The number of alkyl halides is 3. The van der Waals surface area contributed by atoms with Gasteiger partial charge in [-0.05, 0) is 20.8 Å². The summed E-state index contributed by atoms with van der Waals surface area (Å²) in [6.45, 7) is 9.09. The Morgan fingerprint density at radius 2 is 1.85 bits per heavy atom. The molecular formula is C12H20F3N5. The van der Waals surface area contributed by atoms with Crippen LogP contribution in [0.1, 0.15) is 32.4 Å². The third-order valence-corrected chi connectivity index (χ3v) is 3.17. The van der Waals surface area contributed by atoms with Crippen LogP contribution < -0.4 is 5.32 Å². The second kappa shape index (κ2) is 5.33. The van der Waals surface area contributed by atoms with Crippen molar-refractivity contribution in [2.45, 2.75) is 45.6 Å². The van der Waals surface area contributed by atoms with Crippen LogP contribution in [0, 0.1) is 0 Å². The van der Waals surface area contributed by atoms with Gasteiger partial charge >= 0.3 is 6.18 Å². The zero-order valence-electron chi connectivity index (χ0n) is 12.0. The van der Waals surface area contributed by atoms with Crippen molar-refractivity contribution in [3.63, 3.8) is 0 Å². The molecule has 0 spiro atoms. The lowest BCUT2D eigenvalue weighted by molar-refractivity contribution is -0.148. The summed E-state index contributed by atoms with van der Waals surface area (Å²) in [6, 6.07) is 0. The van der Waals surface area contributed by atoms with E-state index in [2.05, 4.69) is 41.2 Å². The van der Waals surface area contributed by atoms with E-state index in [1.54, 1.807) is 0 Å². The minimum absolute atomic E-state index is 0.0409. The smallest absolute Gasteiger partial charge is 0.311 e. The van der Waals surface area contributed by atoms with Gasteiger partial charge < -0.3 is 9.88 Å². The Morgan fingerprint density at radius 3 is 2.45 bits per heavy atom. The number of aromatic nitrogens is 3. The van der Waals surface area contributed by atoms with Crippen molar-refractivity contribution >= 4 is 0 Å². The molecule has 0 saturated carbocycles. The topological polar surface area (TPSA) is 46.0 Å². The van der Waals surface area contributed by atoms with Crippen molar-refractivity contribution in [3.8, 4) is 0 Å². The van der Waals surface area contributed by atoms with Crippen LogP contribution in [0.15, 0.2) is 0 Å². The molecular weight excluding hydrogens is 271 g/mol. The number of rotatable bonds is 3. The molecule has 1 N–H and O–H groups in total. The van der Waals surface area contributed by atoms with Crippen molar-refractivity contribution in [1.82, 2.24) is 25.0 Å². The fourth-order valence-corrected chi connectivity index (χ4v) is 2.20. The van der Waals surface area contributed by atoms with Gasteiger partial charge in [-0.25, -0.2) is 0 Å². The summed E-state index contributed by atoms with van der Waals surface area (Å²) >= 11 is 0. The van der Waals surface area contributed by atoms with E-state index in [9.17, 15) is 13.2 Å². The minimum atomic E-state index is -4.43. The molecule has 1 aliphatic rings. The van der Waals surface area contributed by atoms with E-state index in [1.807, 2.05) is 0 Å². The van der Waals surface area contributed by atoms with Gasteiger partial charge in [-0.1, -0.05) is 0 Å². The van der Waals surface area contributed by atoms with E-state index in [-0.39, 0.29) is 12.1 Å². The molecule has 0 aromatic carbocycles. The maximum Gasteiger partial charge on any atom is 0.451 e. The highest BCUT2D eigenvalue weighted by molar-refractivity contribution is 5.02. The highest BCUT2D eigenvalue weighted by atomic mass is 19.4.